The molecule has 2 atom stereocenters. The van der Waals surface area contributed by atoms with E-state index in [9.17, 15) is 14.7 Å². The molecule has 2 amide bonds. The van der Waals surface area contributed by atoms with Gasteiger partial charge >= 0.3 is 0 Å². The molecule has 0 bridgehead atoms. The Balaban J connectivity index is 1.95. The van der Waals surface area contributed by atoms with Crippen molar-refractivity contribution in [1.82, 2.24) is 4.90 Å². The number of nitrogens with zero attached hydrogens (tertiary/aromatic N) is 1. The van der Waals surface area contributed by atoms with Gasteiger partial charge in [0.15, 0.2) is 0 Å². The number of amides is 2. The van der Waals surface area contributed by atoms with Crippen LogP contribution in [0.2, 0.25) is 0 Å². The summed E-state index contributed by atoms with van der Waals surface area (Å²) in [5.74, 6) is -0.382. The molecule has 0 radical (unpaired) electrons. The lowest BCUT2D eigenvalue weighted by molar-refractivity contribution is 0.0399. The molecule has 2 unspecified atom stereocenters. The van der Waals surface area contributed by atoms with Crippen LogP contribution < -0.4 is 0 Å². The quantitative estimate of drug-likeness (QED) is 0.824. The lowest BCUT2D eigenvalue weighted by atomic mass is 9.84. The number of aliphatic hydroxyl groups excluding tert-OH is 1. The van der Waals surface area contributed by atoms with E-state index in [1.807, 2.05) is 0 Å². The summed E-state index contributed by atoms with van der Waals surface area (Å²) in [7, 11) is 0. The number of benzene rings is 1. The summed E-state index contributed by atoms with van der Waals surface area (Å²) in [6.07, 6.45) is 3.75. The van der Waals surface area contributed by atoms with Crippen LogP contribution >= 0.6 is 0 Å². The van der Waals surface area contributed by atoms with Crippen LogP contribution in [0.3, 0.4) is 0 Å². The Hall–Kier alpha value is -1.68. The second-order valence-corrected chi connectivity index (χ2v) is 5.32. The van der Waals surface area contributed by atoms with Gasteiger partial charge in [-0.25, -0.2) is 0 Å². The van der Waals surface area contributed by atoms with E-state index in [0.29, 0.717) is 11.1 Å². The molecule has 2 aliphatic rings. The minimum absolute atomic E-state index is 0.0240. The first-order valence-electron chi connectivity index (χ1n) is 6.82. The molecular formula is C15H17NO3. The van der Waals surface area contributed by atoms with Crippen LogP contribution in [0.15, 0.2) is 24.3 Å². The fourth-order valence-electron chi connectivity index (χ4n) is 3.25. The second-order valence-electron chi connectivity index (χ2n) is 5.32. The lowest BCUT2D eigenvalue weighted by Crippen LogP contribution is -2.46. The molecule has 1 heterocycles. The average molecular weight is 259 g/mol. The van der Waals surface area contributed by atoms with Gasteiger partial charge in [-0.05, 0) is 25.0 Å². The summed E-state index contributed by atoms with van der Waals surface area (Å²) >= 11 is 0. The van der Waals surface area contributed by atoms with Crippen molar-refractivity contribution in [2.45, 2.75) is 31.7 Å². The second kappa shape index (κ2) is 4.78. The van der Waals surface area contributed by atoms with Gasteiger partial charge < -0.3 is 5.11 Å². The summed E-state index contributed by atoms with van der Waals surface area (Å²) in [4.78, 5) is 26.2. The minimum atomic E-state index is -0.203. The molecule has 3 rings (SSSR count). The van der Waals surface area contributed by atoms with E-state index in [-0.39, 0.29) is 30.4 Å². The SMILES string of the molecule is O=C1c2ccccc2C(=O)N1C1CCCCC1CO. The van der Waals surface area contributed by atoms with Gasteiger partial charge in [0.2, 0.25) is 0 Å². The summed E-state index contributed by atoms with van der Waals surface area (Å²) in [6, 6.07) is 6.81. The molecule has 1 N–H and O–H groups in total. The number of hydrogen-bond donors (Lipinski definition) is 1. The Morgan fingerprint density at radius 2 is 1.63 bits per heavy atom. The molecular weight excluding hydrogens is 242 g/mol. The molecule has 1 aliphatic heterocycles. The smallest absolute Gasteiger partial charge is 0.261 e. The topological polar surface area (TPSA) is 57.6 Å². The van der Waals surface area contributed by atoms with Gasteiger partial charge in [0, 0.05) is 18.6 Å². The molecule has 4 nitrogen and oxygen atoms in total. The Bertz CT molecular complexity index is 491. The summed E-state index contributed by atoms with van der Waals surface area (Å²) in [5.41, 5.74) is 0.990. The molecule has 19 heavy (non-hydrogen) atoms. The zero-order chi connectivity index (χ0) is 13.4. The third-order valence-electron chi connectivity index (χ3n) is 4.26. The van der Waals surface area contributed by atoms with Gasteiger partial charge in [-0.1, -0.05) is 25.0 Å². The Labute approximate surface area is 112 Å². The molecule has 4 heteroatoms. The molecule has 1 saturated carbocycles. The maximum Gasteiger partial charge on any atom is 0.261 e. The molecule has 1 fully saturated rings. The van der Waals surface area contributed by atoms with Crippen LogP contribution in [0.1, 0.15) is 46.4 Å². The van der Waals surface area contributed by atoms with Gasteiger partial charge in [-0.3, -0.25) is 14.5 Å². The van der Waals surface area contributed by atoms with Gasteiger partial charge in [-0.2, -0.15) is 0 Å². The molecule has 1 aliphatic carbocycles. The third-order valence-corrected chi connectivity index (χ3v) is 4.26. The van der Waals surface area contributed by atoms with Crippen LogP contribution in [0.25, 0.3) is 0 Å². The van der Waals surface area contributed by atoms with E-state index in [1.54, 1.807) is 24.3 Å². The average Bonchev–Trinajstić information content (AvgIpc) is 2.71. The molecule has 100 valence electrons. The van der Waals surface area contributed by atoms with Crippen molar-refractivity contribution in [3.8, 4) is 0 Å². The third kappa shape index (κ3) is 1.87. The number of carbonyl (C=O) groups excluding carboxylic acids is 2. The number of aliphatic hydroxyl groups is 1. The predicted octanol–water partition coefficient (Wildman–Crippen LogP) is 1.83. The zero-order valence-corrected chi connectivity index (χ0v) is 10.7. The van der Waals surface area contributed by atoms with Crippen LogP contribution in [-0.2, 0) is 0 Å². The standard InChI is InChI=1S/C15H17NO3/c17-9-10-5-1-4-8-13(10)16-14(18)11-6-2-3-7-12(11)15(16)19/h2-3,6-7,10,13,17H,1,4-5,8-9H2. The fourth-order valence-corrected chi connectivity index (χ4v) is 3.25. The predicted molar refractivity (Wildman–Crippen MR) is 69.8 cm³/mol. The Kier molecular flexibility index (Phi) is 3.11. The van der Waals surface area contributed by atoms with Crippen LogP contribution in [0.4, 0.5) is 0 Å². The van der Waals surface area contributed by atoms with Gasteiger partial charge in [0.25, 0.3) is 11.8 Å². The minimum Gasteiger partial charge on any atom is -0.396 e. The molecule has 0 spiro atoms. The van der Waals surface area contributed by atoms with Crippen molar-refractivity contribution in [2.75, 3.05) is 6.61 Å². The summed E-state index contributed by atoms with van der Waals surface area (Å²) < 4.78 is 0. The van der Waals surface area contributed by atoms with Crippen LogP contribution in [-0.4, -0.2) is 34.5 Å². The first-order valence-corrected chi connectivity index (χ1v) is 6.82. The summed E-state index contributed by atoms with van der Waals surface area (Å²) in [5, 5.41) is 9.46. The molecule has 0 saturated heterocycles. The maximum atomic E-state index is 12.4. The van der Waals surface area contributed by atoms with Crippen LogP contribution in [0, 0.1) is 5.92 Å². The van der Waals surface area contributed by atoms with E-state index in [1.165, 1.54) is 4.90 Å². The number of carbonyl (C=O) groups is 2. The van der Waals surface area contributed by atoms with Crippen molar-refractivity contribution in [1.29, 1.82) is 0 Å². The molecule has 1 aromatic rings. The van der Waals surface area contributed by atoms with Gasteiger partial charge in [0.05, 0.1) is 11.1 Å². The normalized spacial score (nSPS) is 26.7. The van der Waals surface area contributed by atoms with Crippen molar-refractivity contribution < 1.29 is 14.7 Å². The Morgan fingerprint density at radius 1 is 1.05 bits per heavy atom. The highest BCUT2D eigenvalue weighted by Gasteiger charge is 2.42. The largest absolute Gasteiger partial charge is 0.396 e. The van der Waals surface area contributed by atoms with Crippen molar-refractivity contribution in [3.63, 3.8) is 0 Å². The van der Waals surface area contributed by atoms with E-state index in [4.69, 9.17) is 0 Å². The van der Waals surface area contributed by atoms with E-state index in [2.05, 4.69) is 0 Å². The highest BCUT2D eigenvalue weighted by Crippen LogP contribution is 2.33. The van der Waals surface area contributed by atoms with Crippen molar-refractivity contribution in [3.05, 3.63) is 35.4 Å². The number of hydrogen-bond acceptors (Lipinski definition) is 3. The van der Waals surface area contributed by atoms with E-state index in [0.717, 1.165) is 25.7 Å². The highest BCUT2D eigenvalue weighted by molar-refractivity contribution is 6.21. The maximum absolute atomic E-state index is 12.4. The van der Waals surface area contributed by atoms with Crippen LogP contribution in [0.5, 0.6) is 0 Å². The monoisotopic (exact) mass is 259 g/mol. The first-order chi connectivity index (χ1) is 9.24. The lowest BCUT2D eigenvalue weighted by Gasteiger charge is -2.35. The fraction of sp³-hybridized carbons (Fsp3) is 0.467. The van der Waals surface area contributed by atoms with Crippen molar-refractivity contribution in [2.24, 2.45) is 5.92 Å². The molecule has 1 aromatic carbocycles. The van der Waals surface area contributed by atoms with E-state index >= 15 is 0 Å². The number of imide groups is 1. The summed E-state index contributed by atoms with van der Waals surface area (Å²) in [6.45, 7) is 0.0398. The molecule has 0 aromatic heterocycles. The highest BCUT2D eigenvalue weighted by atomic mass is 16.3. The van der Waals surface area contributed by atoms with Gasteiger partial charge in [0.1, 0.15) is 0 Å². The van der Waals surface area contributed by atoms with Gasteiger partial charge in [-0.15, -0.1) is 0 Å². The zero-order valence-electron chi connectivity index (χ0n) is 10.7. The van der Waals surface area contributed by atoms with Crippen molar-refractivity contribution >= 4 is 11.8 Å². The number of fused-ring (bicyclic) bond motifs is 1. The first kappa shape index (κ1) is 12.4. The number of rotatable bonds is 2. The van der Waals surface area contributed by atoms with E-state index < -0.39 is 0 Å². The Morgan fingerprint density at radius 3 is 2.21 bits per heavy atom.